The molecule has 0 atom stereocenters. The molecule has 3 N–H and O–H groups in total. The number of halogens is 1. The molecular weight excluding hydrogens is 501 g/mol. The summed E-state index contributed by atoms with van der Waals surface area (Å²) in [5.41, 5.74) is 6.82. The SMILES string of the molecule is C#C.C#C.COc1cc(F)cc2c1nc(N)n1nc(CCCCN(C)C(=O)c3ccc(C(C)(C)O)cn3)nc21. The Bertz CT molecular complexity index is 1470. The van der Waals surface area contributed by atoms with Gasteiger partial charge in [-0.2, -0.15) is 4.52 Å². The third-order valence-corrected chi connectivity index (χ3v) is 5.77. The van der Waals surface area contributed by atoms with Crippen LogP contribution in [0.25, 0.3) is 16.6 Å². The van der Waals surface area contributed by atoms with Gasteiger partial charge in [0.1, 0.15) is 22.8 Å². The minimum atomic E-state index is -1.01. The molecule has 0 radical (unpaired) electrons. The van der Waals surface area contributed by atoms with Crippen LogP contribution in [0, 0.1) is 31.5 Å². The number of aromatic nitrogens is 5. The molecule has 0 fully saturated rings. The maximum Gasteiger partial charge on any atom is 0.272 e. The van der Waals surface area contributed by atoms with Crippen LogP contribution >= 0.6 is 0 Å². The van der Waals surface area contributed by atoms with Crippen molar-refractivity contribution in [3.8, 4) is 31.4 Å². The topological polar surface area (TPSA) is 132 Å². The number of carbonyl (C=O) groups is 1. The Balaban J connectivity index is 0.00000127. The van der Waals surface area contributed by atoms with E-state index in [0.29, 0.717) is 46.6 Å². The van der Waals surface area contributed by atoms with Crippen molar-refractivity contribution < 1.29 is 19.0 Å². The van der Waals surface area contributed by atoms with Crippen molar-refractivity contribution in [2.75, 3.05) is 26.4 Å². The van der Waals surface area contributed by atoms with Gasteiger partial charge in [0.15, 0.2) is 11.5 Å². The van der Waals surface area contributed by atoms with Gasteiger partial charge in [-0.05, 0) is 38.8 Å². The first-order chi connectivity index (χ1) is 18.6. The van der Waals surface area contributed by atoms with Gasteiger partial charge in [0.25, 0.3) is 5.91 Å². The fourth-order valence-corrected chi connectivity index (χ4v) is 3.78. The number of benzene rings is 1. The first kappa shape index (κ1) is 30.5. The number of methoxy groups -OCH3 is 1. The highest BCUT2D eigenvalue weighted by Gasteiger charge is 2.19. The molecular formula is C28H32FN7O3. The summed E-state index contributed by atoms with van der Waals surface area (Å²) in [5, 5.41) is 14.9. The predicted octanol–water partition coefficient (Wildman–Crippen LogP) is 3.22. The molecule has 10 nitrogen and oxygen atoms in total. The minimum absolute atomic E-state index is 0.129. The second-order valence-electron chi connectivity index (χ2n) is 8.91. The number of nitrogens with two attached hydrogens (primary N) is 1. The number of carbonyl (C=O) groups excluding carboxylic acids is 1. The van der Waals surface area contributed by atoms with Gasteiger partial charge in [-0.1, -0.05) is 6.07 Å². The van der Waals surface area contributed by atoms with E-state index in [2.05, 4.69) is 45.7 Å². The van der Waals surface area contributed by atoms with Crippen LogP contribution in [0.2, 0.25) is 0 Å². The number of terminal acetylenes is 2. The van der Waals surface area contributed by atoms with Crippen LogP contribution < -0.4 is 10.5 Å². The number of pyridine rings is 1. The van der Waals surface area contributed by atoms with Crippen LogP contribution in [-0.2, 0) is 12.0 Å². The molecule has 0 aliphatic rings. The number of aryl methyl sites for hydroxylation is 1. The van der Waals surface area contributed by atoms with Crippen molar-refractivity contribution in [1.82, 2.24) is 29.5 Å². The summed E-state index contributed by atoms with van der Waals surface area (Å²) >= 11 is 0. The fraction of sp³-hybridized carbons (Fsp3) is 0.321. The van der Waals surface area contributed by atoms with Crippen molar-refractivity contribution in [1.29, 1.82) is 0 Å². The number of nitrogen functional groups attached to an aromatic ring is 1. The van der Waals surface area contributed by atoms with E-state index in [1.54, 1.807) is 37.9 Å². The molecule has 0 saturated carbocycles. The number of aliphatic hydroxyl groups is 1. The van der Waals surface area contributed by atoms with E-state index >= 15 is 0 Å². The van der Waals surface area contributed by atoms with Gasteiger partial charge in [-0.15, -0.1) is 30.8 Å². The normalized spacial score (nSPS) is 10.7. The van der Waals surface area contributed by atoms with Gasteiger partial charge in [0, 0.05) is 37.8 Å². The first-order valence-electron chi connectivity index (χ1n) is 11.9. The molecule has 0 unspecified atom stereocenters. The van der Waals surface area contributed by atoms with E-state index in [1.165, 1.54) is 30.0 Å². The van der Waals surface area contributed by atoms with Crippen molar-refractivity contribution >= 4 is 28.4 Å². The van der Waals surface area contributed by atoms with Crippen molar-refractivity contribution in [2.24, 2.45) is 0 Å². The molecule has 4 rings (SSSR count). The van der Waals surface area contributed by atoms with Gasteiger partial charge in [0.2, 0.25) is 5.95 Å². The lowest BCUT2D eigenvalue weighted by Crippen LogP contribution is -2.28. The highest BCUT2D eigenvalue weighted by molar-refractivity contribution is 5.96. The summed E-state index contributed by atoms with van der Waals surface area (Å²) in [4.78, 5) is 27.3. The maximum atomic E-state index is 14.1. The Labute approximate surface area is 227 Å². The Kier molecular flexibility index (Phi) is 10.3. The Morgan fingerprint density at radius 1 is 1.18 bits per heavy atom. The molecule has 11 heteroatoms. The number of rotatable bonds is 8. The molecule has 1 aromatic carbocycles. The van der Waals surface area contributed by atoms with E-state index in [-0.39, 0.29) is 17.6 Å². The highest BCUT2D eigenvalue weighted by Crippen LogP contribution is 2.29. The van der Waals surface area contributed by atoms with Crippen LogP contribution in [0.1, 0.15) is 48.6 Å². The smallest absolute Gasteiger partial charge is 0.272 e. The largest absolute Gasteiger partial charge is 0.494 e. The first-order valence-corrected chi connectivity index (χ1v) is 11.9. The number of anilines is 1. The van der Waals surface area contributed by atoms with E-state index in [4.69, 9.17) is 10.5 Å². The third kappa shape index (κ3) is 6.98. The summed E-state index contributed by atoms with van der Waals surface area (Å²) < 4.78 is 20.7. The molecule has 204 valence electrons. The lowest BCUT2D eigenvalue weighted by molar-refractivity contribution is 0.0761. The second-order valence-corrected chi connectivity index (χ2v) is 8.91. The van der Waals surface area contributed by atoms with Gasteiger partial charge >= 0.3 is 0 Å². The molecule has 0 spiro atoms. The van der Waals surface area contributed by atoms with Gasteiger partial charge < -0.3 is 20.5 Å². The molecule has 4 aromatic rings. The number of nitrogens with zero attached hydrogens (tertiary/aromatic N) is 6. The van der Waals surface area contributed by atoms with E-state index in [9.17, 15) is 14.3 Å². The van der Waals surface area contributed by atoms with Gasteiger partial charge in [-0.3, -0.25) is 9.78 Å². The molecule has 0 saturated heterocycles. The summed E-state index contributed by atoms with van der Waals surface area (Å²) in [6, 6.07) is 5.90. The molecule has 39 heavy (non-hydrogen) atoms. The standard InChI is InChI=1S/C24H28FN7O3.2C2H2/c1-24(2,34)14-8-9-17(27-13-14)22(33)31(3)10-6-5-7-19-28-21-16-11-15(25)12-18(35-4)20(16)29-23(26)32(21)30-19;2*1-2/h8-9,11-13,34H,5-7,10H2,1-4H3,(H2,26,29);2*1-2H. The number of hydrogen-bond acceptors (Lipinski definition) is 8. The van der Waals surface area contributed by atoms with Crippen molar-refractivity contribution in [3.05, 3.63) is 53.4 Å². The molecule has 3 heterocycles. The predicted molar refractivity (Wildman–Crippen MR) is 148 cm³/mol. The van der Waals surface area contributed by atoms with Crippen LogP contribution in [-0.4, -0.2) is 61.2 Å². The number of amides is 1. The summed E-state index contributed by atoms with van der Waals surface area (Å²) in [6.07, 6.45) is 19.5. The zero-order chi connectivity index (χ0) is 29.3. The average Bonchev–Trinajstić information content (AvgIpc) is 3.38. The average molecular weight is 534 g/mol. The quantitative estimate of drug-likeness (QED) is 0.261. The molecule has 3 aromatic heterocycles. The third-order valence-electron chi connectivity index (χ3n) is 5.77. The van der Waals surface area contributed by atoms with Crippen molar-refractivity contribution in [3.63, 3.8) is 0 Å². The van der Waals surface area contributed by atoms with Gasteiger partial charge in [0.05, 0.1) is 18.1 Å². The highest BCUT2D eigenvalue weighted by atomic mass is 19.1. The molecule has 0 aliphatic carbocycles. The molecule has 0 bridgehead atoms. The number of ether oxygens (including phenoxy) is 1. The van der Waals surface area contributed by atoms with E-state index in [0.717, 1.165) is 12.8 Å². The van der Waals surface area contributed by atoms with Gasteiger partial charge in [-0.25, -0.2) is 14.4 Å². The number of unbranched alkanes of at least 4 members (excludes halogenated alkanes) is 1. The minimum Gasteiger partial charge on any atom is -0.494 e. The number of fused-ring (bicyclic) bond motifs is 3. The van der Waals surface area contributed by atoms with Crippen molar-refractivity contribution in [2.45, 2.75) is 38.7 Å². The van der Waals surface area contributed by atoms with Crippen LogP contribution in [0.5, 0.6) is 5.75 Å². The maximum absolute atomic E-state index is 14.1. The number of hydrogen-bond donors (Lipinski definition) is 2. The lowest BCUT2D eigenvalue weighted by Gasteiger charge is -2.19. The molecule has 1 amide bonds. The zero-order valence-corrected chi connectivity index (χ0v) is 22.4. The second kappa shape index (κ2) is 13.2. The van der Waals surface area contributed by atoms with Crippen LogP contribution in [0.15, 0.2) is 30.5 Å². The lowest BCUT2D eigenvalue weighted by atomic mass is 10.0. The van der Waals surface area contributed by atoms with Crippen LogP contribution in [0.3, 0.4) is 0 Å². The Morgan fingerprint density at radius 2 is 1.87 bits per heavy atom. The molecule has 0 aliphatic heterocycles. The fourth-order valence-electron chi connectivity index (χ4n) is 3.78. The monoisotopic (exact) mass is 533 g/mol. The van der Waals surface area contributed by atoms with E-state index in [1.807, 2.05) is 0 Å². The Morgan fingerprint density at radius 3 is 2.46 bits per heavy atom. The van der Waals surface area contributed by atoms with E-state index < -0.39 is 11.4 Å². The van der Waals surface area contributed by atoms with Crippen LogP contribution in [0.4, 0.5) is 10.3 Å². The summed E-state index contributed by atoms with van der Waals surface area (Å²) in [6.45, 7) is 3.85. The Hall–Kier alpha value is -4.74. The summed E-state index contributed by atoms with van der Waals surface area (Å²) in [5.74, 6) is 0.288. The summed E-state index contributed by atoms with van der Waals surface area (Å²) in [7, 11) is 3.16. The zero-order valence-electron chi connectivity index (χ0n) is 22.4.